The molecule has 1 aromatic carbocycles. The normalized spacial score (nSPS) is 10.9. The zero-order chi connectivity index (χ0) is 9.97. The molecule has 0 saturated carbocycles. The summed E-state index contributed by atoms with van der Waals surface area (Å²) in [6, 6.07) is 5.33. The summed E-state index contributed by atoms with van der Waals surface area (Å²) in [4.78, 5) is 4.22. The summed E-state index contributed by atoms with van der Waals surface area (Å²) in [5, 5.41) is 9.21. The number of nitrogen functional groups attached to an aromatic ring is 1. The quantitative estimate of drug-likeness (QED) is 0.593. The molecule has 2 rings (SSSR count). The molecule has 0 saturated heterocycles. The Balaban J connectivity index is 2.32. The maximum atomic E-state index is 8.64. The summed E-state index contributed by atoms with van der Waals surface area (Å²) in [6.07, 6.45) is 0. The fraction of sp³-hybridized carbons (Fsp3) is 0.222. The topological polar surface area (TPSA) is 72.3 Å². The number of hydrogen-bond donors (Lipinski definition) is 2. The smallest absolute Gasteiger partial charge is 0.256 e. The second kappa shape index (κ2) is 3.89. The summed E-state index contributed by atoms with van der Waals surface area (Å²) in [5.74, 6) is 0.586. The molecule has 0 bridgehead atoms. The van der Waals surface area contributed by atoms with E-state index in [2.05, 4.69) is 4.98 Å². The lowest BCUT2D eigenvalue weighted by Gasteiger charge is -1.88. The maximum absolute atomic E-state index is 8.64. The highest BCUT2D eigenvalue weighted by Gasteiger charge is 2.05. The van der Waals surface area contributed by atoms with Gasteiger partial charge in [-0.15, -0.1) is 0 Å². The Kier molecular flexibility index (Phi) is 2.60. The van der Waals surface area contributed by atoms with Gasteiger partial charge in [-0.1, -0.05) is 11.8 Å². The summed E-state index contributed by atoms with van der Waals surface area (Å²) >= 11 is 1.38. The number of aliphatic hydroxyl groups is 1. The molecule has 1 heterocycles. The van der Waals surface area contributed by atoms with E-state index in [0.29, 0.717) is 16.7 Å². The van der Waals surface area contributed by atoms with E-state index in [9.17, 15) is 0 Å². The predicted molar refractivity (Wildman–Crippen MR) is 56.2 cm³/mol. The molecule has 0 aliphatic heterocycles. The number of fused-ring (bicyclic) bond motifs is 1. The average molecular weight is 210 g/mol. The minimum Gasteiger partial charge on any atom is -0.431 e. The van der Waals surface area contributed by atoms with Crippen LogP contribution in [-0.2, 0) is 0 Å². The van der Waals surface area contributed by atoms with Crippen molar-refractivity contribution in [2.75, 3.05) is 18.1 Å². The molecule has 0 spiro atoms. The third kappa shape index (κ3) is 1.83. The van der Waals surface area contributed by atoms with Gasteiger partial charge in [0.25, 0.3) is 5.22 Å². The van der Waals surface area contributed by atoms with Crippen LogP contribution < -0.4 is 5.73 Å². The molecular weight excluding hydrogens is 200 g/mol. The number of aromatic nitrogens is 1. The monoisotopic (exact) mass is 210 g/mol. The van der Waals surface area contributed by atoms with Crippen molar-refractivity contribution in [3.63, 3.8) is 0 Å². The number of nitrogens with zero attached hydrogens (tertiary/aromatic N) is 1. The van der Waals surface area contributed by atoms with Gasteiger partial charge in [-0.3, -0.25) is 0 Å². The number of oxazole rings is 1. The van der Waals surface area contributed by atoms with Gasteiger partial charge in [0.1, 0.15) is 5.52 Å². The largest absolute Gasteiger partial charge is 0.431 e. The highest BCUT2D eigenvalue weighted by Crippen LogP contribution is 2.24. The van der Waals surface area contributed by atoms with Crippen LogP contribution in [0.2, 0.25) is 0 Å². The lowest BCUT2D eigenvalue weighted by molar-refractivity contribution is 0.322. The van der Waals surface area contributed by atoms with Crippen molar-refractivity contribution >= 4 is 28.5 Å². The number of nitrogens with two attached hydrogens (primary N) is 1. The molecule has 14 heavy (non-hydrogen) atoms. The first-order valence-corrected chi connectivity index (χ1v) is 5.18. The fourth-order valence-corrected chi connectivity index (χ4v) is 1.70. The van der Waals surface area contributed by atoms with E-state index in [1.165, 1.54) is 11.8 Å². The first-order valence-electron chi connectivity index (χ1n) is 4.19. The first-order chi connectivity index (χ1) is 6.79. The molecule has 3 N–H and O–H groups in total. The van der Waals surface area contributed by atoms with Gasteiger partial charge in [0.15, 0.2) is 5.58 Å². The molecule has 0 radical (unpaired) electrons. The second-order valence-electron chi connectivity index (χ2n) is 2.78. The van der Waals surface area contributed by atoms with Gasteiger partial charge in [0.05, 0.1) is 6.61 Å². The SMILES string of the molecule is Nc1ccc2oc(SCCO)nc2c1. The van der Waals surface area contributed by atoms with Crippen LogP contribution in [0.4, 0.5) is 5.69 Å². The number of anilines is 1. The van der Waals surface area contributed by atoms with Gasteiger partial charge < -0.3 is 15.3 Å². The minimum absolute atomic E-state index is 0.117. The molecule has 0 fully saturated rings. The zero-order valence-corrected chi connectivity index (χ0v) is 8.25. The molecule has 74 valence electrons. The van der Waals surface area contributed by atoms with Crippen molar-refractivity contribution in [3.8, 4) is 0 Å². The van der Waals surface area contributed by atoms with Crippen molar-refractivity contribution in [1.82, 2.24) is 4.98 Å². The molecule has 0 atom stereocenters. The number of hydrogen-bond acceptors (Lipinski definition) is 5. The van der Waals surface area contributed by atoms with Crippen LogP contribution in [0.5, 0.6) is 0 Å². The van der Waals surface area contributed by atoms with E-state index in [1.54, 1.807) is 18.2 Å². The van der Waals surface area contributed by atoms with Crippen molar-refractivity contribution < 1.29 is 9.52 Å². The Morgan fingerprint density at radius 1 is 1.50 bits per heavy atom. The van der Waals surface area contributed by atoms with E-state index in [1.807, 2.05) is 0 Å². The Hall–Kier alpha value is -1.20. The van der Waals surface area contributed by atoms with Gasteiger partial charge >= 0.3 is 0 Å². The molecular formula is C9H10N2O2S. The highest BCUT2D eigenvalue weighted by atomic mass is 32.2. The van der Waals surface area contributed by atoms with Crippen LogP contribution in [0.3, 0.4) is 0 Å². The van der Waals surface area contributed by atoms with Crippen LogP contribution in [-0.4, -0.2) is 22.5 Å². The molecule has 1 aromatic heterocycles. The summed E-state index contributed by atoms with van der Waals surface area (Å²) in [7, 11) is 0. The van der Waals surface area contributed by atoms with E-state index in [4.69, 9.17) is 15.3 Å². The van der Waals surface area contributed by atoms with Gasteiger partial charge in [-0.05, 0) is 18.2 Å². The Labute approximate surface area is 85.1 Å². The van der Waals surface area contributed by atoms with Gasteiger partial charge in [-0.2, -0.15) is 0 Å². The number of thioether (sulfide) groups is 1. The Morgan fingerprint density at radius 2 is 2.36 bits per heavy atom. The van der Waals surface area contributed by atoms with Gasteiger partial charge in [0, 0.05) is 11.4 Å². The number of aliphatic hydroxyl groups excluding tert-OH is 1. The zero-order valence-electron chi connectivity index (χ0n) is 7.43. The molecule has 2 aromatic rings. The third-order valence-electron chi connectivity index (χ3n) is 1.71. The fourth-order valence-electron chi connectivity index (χ4n) is 1.12. The molecule has 0 unspecified atom stereocenters. The molecule has 0 aliphatic carbocycles. The van der Waals surface area contributed by atoms with Crippen molar-refractivity contribution in [2.45, 2.75) is 5.22 Å². The van der Waals surface area contributed by atoms with Crippen LogP contribution in [0.15, 0.2) is 27.8 Å². The Morgan fingerprint density at radius 3 is 3.14 bits per heavy atom. The van der Waals surface area contributed by atoms with Crippen molar-refractivity contribution in [1.29, 1.82) is 0 Å². The van der Waals surface area contributed by atoms with Crippen LogP contribution in [0, 0.1) is 0 Å². The van der Waals surface area contributed by atoms with E-state index in [0.717, 1.165) is 11.1 Å². The van der Waals surface area contributed by atoms with Gasteiger partial charge in [0.2, 0.25) is 0 Å². The van der Waals surface area contributed by atoms with E-state index in [-0.39, 0.29) is 6.61 Å². The lowest BCUT2D eigenvalue weighted by atomic mass is 10.3. The summed E-state index contributed by atoms with van der Waals surface area (Å²) in [5.41, 5.74) is 7.75. The van der Waals surface area contributed by atoms with Crippen LogP contribution in [0.1, 0.15) is 0 Å². The summed E-state index contributed by atoms with van der Waals surface area (Å²) < 4.78 is 5.41. The highest BCUT2D eigenvalue weighted by molar-refractivity contribution is 7.99. The van der Waals surface area contributed by atoms with Crippen LogP contribution in [0.25, 0.3) is 11.1 Å². The standard InChI is InChI=1S/C9H10N2O2S/c10-6-1-2-8-7(5-6)11-9(13-8)14-4-3-12/h1-2,5,12H,3-4,10H2. The number of benzene rings is 1. The van der Waals surface area contributed by atoms with Crippen molar-refractivity contribution in [2.24, 2.45) is 0 Å². The first kappa shape index (κ1) is 9.36. The predicted octanol–water partition coefficient (Wildman–Crippen LogP) is 1.49. The molecule has 0 aliphatic rings. The van der Waals surface area contributed by atoms with Gasteiger partial charge in [-0.25, -0.2) is 4.98 Å². The summed E-state index contributed by atoms with van der Waals surface area (Å²) in [6.45, 7) is 0.117. The Bertz CT molecular complexity index is 441. The van der Waals surface area contributed by atoms with Crippen molar-refractivity contribution in [3.05, 3.63) is 18.2 Å². The minimum atomic E-state index is 0.117. The molecule has 0 amide bonds. The molecule has 5 heteroatoms. The lowest BCUT2D eigenvalue weighted by Crippen LogP contribution is -1.84. The van der Waals surface area contributed by atoms with Crippen LogP contribution >= 0.6 is 11.8 Å². The van der Waals surface area contributed by atoms with E-state index >= 15 is 0 Å². The maximum Gasteiger partial charge on any atom is 0.256 e. The average Bonchev–Trinajstić information content (AvgIpc) is 2.56. The van der Waals surface area contributed by atoms with E-state index < -0.39 is 0 Å². The second-order valence-corrected chi connectivity index (χ2v) is 3.83. The number of rotatable bonds is 3. The molecule has 4 nitrogen and oxygen atoms in total. The third-order valence-corrected chi connectivity index (χ3v) is 2.52.